The summed E-state index contributed by atoms with van der Waals surface area (Å²) in [5, 5.41) is 15.8. The molecular formula is C18H16N4O3. The van der Waals surface area contributed by atoms with E-state index in [1.807, 2.05) is 37.3 Å². The van der Waals surface area contributed by atoms with E-state index in [9.17, 15) is 14.7 Å². The number of carboxylic acids is 1. The fraction of sp³-hybridized carbons (Fsp3) is 0.111. The highest BCUT2D eigenvalue weighted by Crippen LogP contribution is 2.20. The van der Waals surface area contributed by atoms with Crippen molar-refractivity contribution in [2.75, 3.05) is 5.32 Å². The molecule has 25 heavy (non-hydrogen) atoms. The molecule has 0 bridgehead atoms. The Balaban J connectivity index is 1.87. The number of carbonyl (C=O) groups excluding carboxylic acids is 1. The number of anilines is 1. The predicted octanol–water partition coefficient (Wildman–Crippen LogP) is 2.92. The Labute approximate surface area is 143 Å². The predicted molar refractivity (Wildman–Crippen MR) is 92.5 cm³/mol. The van der Waals surface area contributed by atoms with Crippen LogP contribution in [-0.4, -0.2) is 31.7 Å². The van der Waals surface area contributed by atoms with Gasteiger partial charge in [0.25, 0.3) is 5.91 Å². The molecule has 0 spiro atoms. The van der Waals surface area contributed by atoms with Crippen LogP contribution in [0.1, 0.15) is 27.8 Å². The monoisotopic (exact) mass is 336 g/mol. The molecule has 3 aromatic rings. The quantitative estimate of drug-likeness (QED) is 0.746. The molecule has 0 radical (unpaired) electrons. The first-order chi connectivity index (χ1) is 12.1. The van der Waals surface area contributed by atoms with E-state index < -0.39 is 11.9 Å². The number of aromatic nitrogens is 3. The van der Waals surface area contributed by atoms with Crippen LogP contribution in [0.15, 0.2) is 54.9 Å². The highest BCUT2D eigenvalue weighted by molar-refractivity contribution is 6.06. The summed E-state index contributed by atoms with van der Waals surface area (Å²) in [5.41, 5.74) is 1.93. The van der Waals surface area contributed by atoms with E-state index >= 15 is 0 Å². The molecule has 1 amide bonds. The Bertz CT molecular complexity index is 919. The van der Waals surface area contributed by atoms with Crippen LogP contribution in [0.4, 0.5) is 5.82 Å². The number of nitrogens with zero attached hydrogens (tertiary/aromatic N) is 3. The van der Waals surface area contributed by atoms with E-state index in [2.05, 4.69) is 15.4 Å². The first-order valence-electron chi connectivity index (χ1n) is 7.72. The highest BCUT2D eigenvalue weighted by atomic mass is 16.4. The molecule has 0 atom stereocenters. The molecule has 1 aromatic carbocycles. The topological polar surface area (TPSA) is 97.1 Å². The van der Waals surface area contributed by atoms with Gasteiger partial charge in [0.15, 0.2) is 5.82 Å². The van der Waals surface area contributed by atoms with Crippen LogP contribution < -0.4 is 5.32 Å². The summed E-state index contributed by atoms with van der Waals surface area (Å²) in [6.07, 6.45) is 2.92. The van der Waals surface area contributed by atoms with Gasteiger partial charge in [-0.3, -0.25) is 14.5 Å². The van der Waals surface area contributed by atoms with Gasteiger partial charge in [0, 0.05) is 18.9 Å². The first-order valence-corrected chi connectivity index (χ1v) is 7.72. The molecule has 0 unspecified atom stereocenters. The van der Waals surface area contributed by atoms with Crippen LogP contribution in [0.3, 0.4) is 0 Å². The van der Waals surface area contributed by atoms with Gasteiger partial charge in [-0.15, -0.1) is 0 Å². The Kier molecular flexibility index (Phi) is 4.56. The minimum atomic E-state index is -1.15. The summed E-state index contributed by atoms with van der Waals surface area (Å²) in [6, 6.07) is 13.1. The second-order valence-electron chi connectivity index (χ2n) is 5.30. The summed E-state index contributed by atoms with van der Waals surface area (Å²) in [6.45, 7) is 2.33. The molecule has 3 rings (SSSR count). The van der Waals surface area contributed by atoms with Crippen molar-refractivity contribution in [1.82, 2.24) is 14.8 Å². The van der Waals surface area contributed by atoms with E-state index in [1.54, 1.807) is 18.3 Å². The summed E-state index contributed by atoms with van der Waals surface area (Å²) >= 11 is 0. The Hall–Kier alpha value is -3.48. The van der Waals surface area contributed by atoms with Crippen molar-refractivity contribution in [3.8, 4) is 11.1 Å². The van der Waals surface area contributed by atoms with Crippen LogP contribution in [0.25, 0.3) is 11.1 Å². The number of aryl methyl sites for hydroxylation is 1. The number of amides is 1. The lowest BCUT2D eigenvalue weighted by molar-refractivity contribution is 0.0698. The summed E-state index contributed by atoms with van der Waals surface area (Å²) in [4.78, 5) is 27.8. The van der Waals surface area contributed by atoms with Gasteiger partial charge in [-0.2, -0.15) is 5.10 Å². The number of carboxylic acid groups (broad SMARTS) is 1. The molecule has 0 fully saturated rings. The molecule has 7 nitrogen and oxygen atoms in total. The minimum Gasteiger partial charge on any atom is -0.477 e. The number of aromatic carboxylic acids is 1. The van der Waals surface area contributed by atoms with E-state index in [1.165, 1.54) is 10.9 Å². The third-order valence-corrected chi connectivity index (χ3v) is 3.65. The molecule has 0 aliphatic heterocycles. The lowest BCUT2D eigenvalue weighted by Crippen LogP contribution is -2.16. The molecule has 2 heterocycles. The van der Waals surface area contributed by atoms with Crippen LogP contribution in [-0.2, 0) is 6.54 Å². The largest absolute Gasteiger partial charge is 0.477 e. The fourth-order valence-electron chi connectivity index (χ4n) is 2.37. The number of carbonyl (C=O) groups is 2. The maximum Gasteiger partial charge on any atom is 0.341 e. The van der Waals surface area contributed by atoms with E-state index in [0.717, 1.165) is 11.1 Å². The molecule has 0 aliphatic carbocycles. The van der Waals surface area contributed by atoms with Crippen LogP contribution in [0.2, 0.25) is 0 Å². The van der Waals surface area contributed by atoms with Crippen LogP contribution in [0.5, 0.6) is 0 Å². The second kappa shape index (κ2) is 6.96. The zero-order chi connectivity index (χ0) is 17.8. The lowest BCUT2D eigenvalue weighted by Gasteiger charge is -2.05. The minimum absolute atomic E-state index is 0.00580. The number of benzene rings is 1. The van der Waals surface area contributed by atoms with Crippen LogP contribution >= 0.6 is 0 Å². The molecule has 2 N–H and O–H groups in total. The van der Waals surface area contributed by atoms with Crippen molar-refractivity contribution >= 4 is 17.7 Å². The molecule has 126 valence electrons. The smallest absolute Gasteiger partial charge is 0.341 e. The number of hydrogen-bond donors (Lipinski definition) is 2. The van der Waals surface area contributed by atoms with E-state index in [4.69, 9.17) is 0 Å². The average Bonchev–Trinajstić information content (AvgIpc) is 3.06. The third kappa shape index (κ3) is 3.55. The first kappa shape index (κ1) is 16.4. The summed E-state index contributed by atoms with van der Waals surface area (Å²) in [7, 11) is 0. The highest BCUT2D eigenvalue weighted by Gasteiger charge is 2.18. The van der Waals surface area contributed by atoms with Crippen molar-refractivity contribution in [2.24, 2.45) is 0 Å². The second-order valence-corrected chi connectivity index (χ2v) is 5.30. The summed E-state index contributed by atoms with van der Waals surface area (Å²) in [5.74, 6) is -1.66. The maximum absolute atomic E-state index is 12.5. The van der Waals surface area contributed by atoms with Gasteiger partial charge in [0.2, 0.25) is 0 Å². The molecule has 0 saturated carbocycles. The normalized spacial score (nSPS) is 10.4. The Morgan fingerprint density at radius 1 is 1.16 bits per heavy atom. The third-order valence-electron chi connectivity index (χ3n) is 3.65. The van der Waals surface area contributed by atoms with Crippen molar-refractivity contribution in [3.05, 3.63) is 66.1 Å². The van der Waals surface area contributed by atoms with Gasteiger partial charge < -0.3 is 10.4 Å². The molecular weight excluding hydrogens is 320 g/mol. The molecule has 0 aliphatic rings. The lowest BCUT2D eigenvalue weighted by atomic mass is 10.1. The molecule has 0 saturated heterocycles. The standard InChI is InChI=1S/C18H16N4O3/c1-2-22-11-14(18(24)25)16(21-22)20-17(23)15-10-13(8-9-19-15)12-6-4-3-5-7-12/h3-11H,2H2,1H3,(H,24,25)(H,20,21,23). The summed E-state index contributed by atoms with van der Waals surface area (Å²) < 4.78 is 1.45. The maximum atomic E-state index is 12.5. The average molecular weight is 336 g/mol. The number of rotatable bonds is 5. The van der Waals surface area contributed by atoms with Gasteiger partial charge in [-0.1, -0.05) is 30.3 Å². The zero-order valence-electron chi connectivity index (χ0n) is 13.5. The SMILES string of the molecule is CCn1cc(C(=O)O)c(NC(=O)c2cc(-c3ccccc3)ccn2)n1. The van der Waals surface area contributed by atoms with Crippen molar-refractivity contribution < 1.29 is 14.7 Å². The van der Waals surface area contributed by atoms with Crippen molar-refractivity contribution in [3.63, 3.8) is 0 Å². The van der Waals surface area contributed by atoms with Crippen LogP contribution in [0, 0.1) is 0 Å². The van der Waals surface area contributed by atoms with E-state index in [0.29, 0.717) is 6.54 Å². The van der Waals surface area contributed by atoms with E-state index in [-0.39, 0.29) is 17.1 Å². The number of hydrogen-bond acceptors (Lipinski definition) is 4. The zero-order valence-corrected chi connectivity index (χ0v) is 13.5. The Morgan fingerprint density at radius 3 is 2.60 bits per heavy atom. The van der Waals surface area contributed by atoms with Gasteiger partial charge in [0.05, 0.1) is 0 Å². The molecule has 2 aromatic heterocycles. The van der Waals surface area contributed by atoms with Crippen molar-refractivity contribution in [2.45, 2.75) is 13.5 Å². The Morgan fingerprint density at radius 2 is 1.92 bits per heavy atom. The van der Waals surface area contributed by atoms with Gasteiger partial charge in [-0.25, -0.2) is 4.79 Å². The van der Waals surface area contributed by atoms with Gasteiger partial charge in [-0.05, 0) is 30.2 Å². The van der Waals surface area contributed by atoms with Gasteiger partial charge >= 0.3 is 5.97 Å². The number of pyridine rings is 1. The van der Waals surface area contributed by atoms with Crippen molar-refractivity contribution in [1.29, 1.82) is 0 Å². The molecule has 7 heteroatoms. The fourth-order valence-corrected chi connectivity index (χ4v) is 2.37. The van der Waals surface area contributed by atoms with Gasteiger partial charge in [0.1, 0.15) is 11.3 Å². The number of nitrogens with one attached hydrogen (secondary N) is 1.